The fourth-order valence-electron chi connectivity index (χ4n) is 5.06. The average Bonchev–Trinajstić information content (AvgIpc) is 3.50. The van der Waals surface area contributed by atoms with Crippen LogP contribution in [0.2, 0.25) is 0 Å². The van der Waals surface area contributed by atoms with Crippen molar-refractivity contribution in [1.82, 2.24) is 10.2 Å². The van der Waals surface area contributed by atoms with Gasteiger partial charge in [-0.05, 0) is 35.1 Å². The molecule has 2 amide bonds. The zero-order valence-corrected chi connectivity index (χ0v) is 19.8. The lowest BCUT2D eigenvalue weighted by atomic mass is 9.98. The van der Waals surface area contributed by atoms with Crippen molar-refractivity contribution in [2.24, 2.45) is 0 Å². The predicted octanol–water partition coefficient (Wildman–Crippen LogP) is 3.79. The lowest BCUT2D eigenvalue weighted by Crippen LogP contribution is -2.42. The summed E-state index contributed by atoms with van der Waals surface area (Å²) in [4.78, 5) is 37.3. The van der Waals surface area contributed by atoms with Gasteiger partial charge in [0.2, 0.25) is 5.91 Å². The van der Waals surface area contributed by atoms with E-state index in [2.05, 4.69) is 29.6 Å². The molecule has 0 spiro atoms. The van der Waals surface area contributed by atoms with E-state index >= 15 is 0 Å². The highest BCUT2D eigenvalue weighted by Gasteiger charge is 2.29. The molecule has 0 heterocycles. The number of nitrogens with zero attached hydrogens (tertiary/aromatic N) is 1. The number of hydrogen-bond acceptors (Lipinski definition) is 5. The minimum Gasteiger partial charge on any atom is -0.480 e. The molecule has 8 nitrogen and oxygen atoms in total. The van der Waals surface area contributed by atoms with Crippen LogP contribution in [0.1, 0.15) is 49.1 Å². The van der Waals surface area contributed by atoms with Crippen molar-refractivity contribution in [3.8, 4) is 11.1 Å². The van der Waals surface area contributed by atoms with Gasteiger partial charge in [0.05, 0.1) is 19.6 Å². The summed E-state index contributed by atoms with van der Waals surface area (Å²) in [5.74, 6) is -1.20. The number of nitrogens with one attached hydrogen (secondary N) is 1. The number of carbonyl (C=O) groups excluding carboxylic acids is 2. The number of hydrogen-bond donors (Lipinski definition) is 2. The molecule has 2 aromatic carbocycles. The molecule has 2 aromatic rings. The van der Waals surface area contributed by atoms with E-state index in [1.165, 1.54) is 16.0 Å². The van der Waals surface area contributed by atoms with Crippen LogP contribution in [0.4, 0.5) is 4.79 Å². The van der Waals surface area contributed by atoms with E-state index in [1.54, 1.807) is 0 Å². The summed E-state index contributed by atoms with van der Waals surface area (Å²) in [6.45, 7) is 0.642. The standard InChI is InChI=1S/C27H32N2O6/c30-25(29(17-26(31)32)19-7-1-2-8-19)13-15-34-16-14-28-27(33)35-18-24-22-11-5-3-9-20(22)21-10-4-6-12-23(21)24/h3-6,9-12,19,24H,1-2,7-8,13-18H2,(H,28,33)(H,31,32). The number of alkyl carbamates (subject to hydrolysis) is 1. The Morgan fingerprint density at radius 2 is 1.57 bits per heavy atom. The predicted molar refractivity (Wildman–Crippen MR) is 130 cm³/mol. The summed E-state index contributed by atoms with van der Waals surface area (Å²) < 4.78 is 11.0. The molecule has 0 atom stereocenters. The Labute approximate surface area is 205 Å². The third-order valence-corrected chi connectivity index (χ3v) is 6.71. The van der Waals surface area contributed by atoms with Crippen molar-refractivity contribution in [2.75, 3.05) is 32.9 Å². The van der Waals surface area contributed by atoms with Crippen molar-refractivity contribution < 1.29 is 29.0 Å². The van der Waals surface area contributed by atoms with Gasteiger partial charge in [0.1, 0.15) is 13.2 Å². The van der Waals surface area contributed by atoms with E-state index in [1.807, 2.05) is 24.3 Å². The summed E-state index contributed by atoms with van der Waals surface area (Å²) in [6.07, 6.45) is 3.35. The Hall–Kier alpha value is -3.39. The quantitative estimate of drug-likeness (QED) is 0.474. The molecular weight excluding hydrogens is 448 g/mol. The first-order chi connectivity index (χ1) is 17.0. The zero-order valence-electron chi connectivity index (χ0n) is 19.8. The highest BCUT2D eigenvalue weighted by atomic mass is 16.5. The molecule has 2 aliphatic rings. The second-order valence-electron chi connectivity index (χ2n) is 8.97. The molecule has 0 unspecified atom stereocenters. The first-order valence-corrected chi connectivity index (χ1v) is 12.2. The summed E-state index contributed by atoms with van der Waals surface area (Å²) in [5, 5.41) is 11.8. The minimum atomic E-state index is -1.00. The lowest BCUT2D eigenvalue weighted by molar-refractivity contribution is -0.146. The Morgan fingerprint density at radius 3 is 2.20 bits per heavy atom. The average molecular weight is 481 g/mol. The van der Waals surface area contributed by atoms with E-state index in [0.717, 1.165) is 36.8 Å². The number of carboxylic acids is 1. The maximum absolute atomic E-state index is 12.5. The zero-order chi connectivity index (χ0) is 24.6. The number of aliphatic carboxylic acids is 1. The van der Waals surface area contributed by atoms with E-state index in [-0.39, 0.29) is 57.2 Å². The fraction of sp³-hybridized carbons (Fsp3) is 0.444. The van der Waals surface area contributed by atoms with E-state index in [9.17, 15) is 14.4 Å². The molecule has 0 bridgehead atoms. The maximum Gasteiger partial charge on any atom is 0.407 e. The van der Waals surface area contributed by atoms with Gasteiger partial charge in [0.25, 0.3) is 0 Å². The molecule has 2 N–H and O–H groups in total. The molecule has 0 saturated heterocycles. The Morgan fingerprint density at radius 1 is 0.943 bits per heavy atom. The van der Waals surface area contributed by atoms with Gasteiger partial charge in [0, 0.05) is 18.5 Å². The molecule has 186 valence electrons. The summed E-state index contributed by atoms with van der Waals surface area (Å²) >= 11 is 0. The number of benzene rings is 2. The van der Waals surface area contributed by atoms with Gasteiger partial charge in [-0.1, -0.05) is 61.4 Å². The Bertz CT molecular complexity index is 1000. The van der Waals surface area contributed by atoms with Crippen LogP contribution in [0.3, 0.4) is 0 Å². The van der Waals surface area contributed by atoms with Gasteiger partial charge in [-0.2, -0.15) is 0 Å². The van der Waals surface area contributed by atoms with Gasteiger partial charge in [-0.25, -0.2) is 4.79 Å². The second-order valence-corrected chi connectivity index (χ2v) is 8.97. The monoisotopic (exact) mass is 480 g/mol. The molecule has 8 heteroatoms. The fourth-order valence-corrected chi connectivity index (χ4v) is 5.06. The molecule has 4 rings (SSSR count). The number of carboxylic acid groups (broad SMARTS) is 1. The SMILES string of the molecule is O=C(O)CN(C(=O)CCOCCNC(=O)OCC1c2ccccc2-c2ccccc21)C1CCCC1. The van der Waals surface area contributed by atoms with Crippen LogP contribution in [0.15, 0.2) is 48.5 Å². The third kappa shape index (κ3) is 6.19. The number of carbonyl (C=O) groups is 3. The third-order valence-electron chi connectivity index (χ3n) is 6.71. The van der Waals surface area contributed by atoms with Crippen molar-refractivity contribution in [3.05, 3.63) is 59.7 Å². The van der Waals surface area contributed by atoms with Crippen LogP contribution < -0.4 is 5.32 Å². The summed E-state index contributed by atoms with van der Waals surface area (Å²) in [7, 11) is 0. The van der Waals surface area contributed by atoms with Crippen LogP contribution in [0, 0.1) is 0 Å². The number of rotatable bonds is 11. The van der Waals surface area contributed by atoms with Crippen molar-refractivity contribution >= 4 is 18.0 Å². The van der Waals surface area contributed by atoms with Crippen LogP contribution in [0.25, 0.3) is 11.1 Å². The lowest BCUT2D eigenvalue weighted by Gasteiger charge is -2.27. The molecule has 1 fully saturated rings. The second kappa shape index (κ2) is 11.8. The first kappa shape index (κ1) is 24.7. The Balaban J connectivity index is 1.15. The number of fused-ring (bicyclic) bond motifs is 3. The van der Waals surface area contributed by atoms with Crippen LogP contribution in [-0.4, -0.2) is 66.9 Å². The highest BCUT2D eigenvalue weighted by Crippen LogP contribution is 2.44. The first-order valence-electron chi connectivity index (χ1n) is 12.2. The number of ether oxygens (including phenoxy) is 2. The van der Waals surface area contributed by atoms with Gasteiger partial charge >= 0.3 is 12.1 Å². The van der Waals surface area contributed by atoms with Gasteiger partial charge in [-0.3, -0.25) is 9.59 Å². The highest BCUT2D eigenvalue weighted by molar-refractivity contribution is 5.82. The maximum atomic E-state index is 12.5. The van der Waals surface area contributed by atoms with Crippen LogP contribution in [0.5, 0.6) is 0 Å². The van der Waals surface area contributed by atoms with E-state index in [0.29, 0.717) is 0 Å². The molecule has 2 aliphatic carbocycles. The van der Waals surface area contributed by atoms with Gasteiger partial charge in [0.15, 0.2) is 0 Å². The molecule has 0 aliphatic heterocycles. The number of amides is 2. The molecule has 0 radical (unpaired) electrons. The largest absolute Gasteiger partial charge is 0.480 e. The normalized spacial score (nSPS) is 14.9. The van der Waals surface area contributed by atoms with Crippen LogP contribution in [-0.2, 0) is 19.1 Å². The topological polar surface area (TPSA) is 105 Å². The Kier molecular flexibility index (Phi) is 8.36. The summed E-state index contributed by atoms with van der Waals surface area (Å²) in [5.41, 5.74) is 4.66. The van der Waals surface area contributed by atoms with E-state index < -0.39 is 12.1 Å². The molecule has 1 saturated carbocycles. The summed E-state index contributed by atoms with van der Waals surface area (Å²) in [6, 6.07) is 16.3. The minimum absolute atomic E-state index is 0.00373. The van der Waals surface area contributed by atoms with Gasteiger partial charge < -0.3 is 24.8 Å². The van der Waals surface area contributed by atoms with Gasteiger partial charge in [-0.15, -0.1) is 0 Å². The molecular formula is C27H32N2O6. The van der Waals surface area contributed by atoms with Crippen molar-refractivity contribution in [3.63, 3.8) is 0 Å². The molecule has 0 aromatic heterocycles. The van der Waals surface area contributed by atoms with Crippen molar-refractivity contribution in [1.29, 1.82) is 0 Å². The van der Waals surface area contributed by atoms with Crippen LogP contribution >= 0.6 is 0 Å². The smallest absolute Gasteiger partial charge is 0.407 e. The molecule has 35 heavy (non-hydrogen) atoms. The van der Waals surface area contributed by atoms with Crippen molar-refractivity contribution in [2.45, 2.75) is 44.1 Å². The van der Waals surface area contributed by atoms with E-state index in [4.69, 9.17) is 14.6 Å².